The van der Waals surface area contributed by atoms with E-state index in [1.54, 1.807) is 5.01 Å². The first-order valence-electron chi connectivity index (χ1n) is 3.01. The zero-order chi connectivity index (χ0) is 8.69. The molecule has 1 aliphatic heterocycles. The summed E-state index contributed by atoms with van der Waals surface area (Å²) in [7, 11) is 0. The smallest absolute Gasteiger partial charge is 0.326 e. The molecule has 7 heteroatoms. The Hall–Kier alpha value is -1.39. The molecule has 0 aromatic carbocycles. The molecule has 0 unspecified atom stereocenters. The largest absolute Gasteiger partial charge is 0.351 e. The van der Waals surface area contributed by atoms with Crippen molar-refractivity contribution in [2.75, 3.05) is 19.8 Å². The lowest BCUT2D eigenvalue weighted by atomic mass is 10.7. The molecule has 1 heterocycles. The standard InChI is InChI=1S/C4H10N4O.N2/c5-4(9)7-8-2-1-6-3-8;1-2/h6H,1-3H2,(H3,5,7,9);. The number of hydrazine groups is 1. The van der Waals surface area contributed by atoms with Crippen molar-refractivity contribution < 1.29 is 4.79 Å². The topological polar surface area (TPSA) is 118 Å². The second kappa shape index (κ2) is 5.40. The second-order valence-corrected chi connectivity index (χ2v) is 1.90. The Labute approximate surface area is 63.9 Å². The van der Waals surface area contributed by atoms with Crippen LogP contribution in [0.5, 0.6) is 0 Å². The summed E-state index contributed by atoms with van der Waals surface area (Å²) in [5, 5.41) is 16.8. The first-order chi connectivity index (χ1) is 5.29. The Morgan fingerprint density at radius 2 is 2.27 bits per heavy atom. The maximum atomic E-state index is 10.2. The maximum Gasteiger partial charge on any atom is 0.326 e. The van der Waals surface area contributed by atoms with Gasteiger partial charge in [0.1, 0.15) is 0 Å². The molecule has 0 aromatic rings. The van der Waals surface area contributed by atoms with Crippen LogP contribution in [0.2, 0.25) is 0 Å². The van der Waals surface area contributed by atoms with Crippen LogP contribution in [-0.2, 0) is 0 Å². The molecule has 2 amide bonds. The third-order valence-corrected chi connectivity index (χ3v) is 1.13. The number of amides is 2. The molecule has 1 aliphatic rings. The van der Waals surface area contributed by atoms with Crippen molar-refractivity contribution in [3.8, 4) is 0 Å². The molecule has 7 nitrogen and oxygen atoms in total. The zero-order valence-corrected chi connectivity index (χ0v) is 5.95. The highest BCUT2D eigenvalue weighted by molar-refractivity contribution is 5.70. The van der Waals surface area contributed by atoms with Gasteiger partial charge in [0, 0.05) is 23.9 Å². The van der Waals surface area contributed by atoms with Crippen LogP contribution in [0.25, 0.3) is 0 Å². The van der Waals surface area contributed by atoms with Crippen molar-refractivity contribution >= 4 is 6.03 Å². The summed E-state index contributed by atoms with van der Waals surface area (Å²) < 4.78 is 0. The summed E-state index contributed by atoms with van der Waals surface area (Å²) in [6.45, 7) is 2.41. The van der Waals surface area contributed by atoms with E-state index in [2.05, 4.69) is 10.7 Å². The molecule has 0 atom stereocenters. The van der Waals surface area contributed by atoms with Crippen LogP contribution in [0.4, 0.5) is 4.79 Å². The maximum absolute atomic E-state index is 10.2. The molecule has 0 bridgehead atoms. The van der Waals surface area contributed by atoms with Crippen molar-refractivity contribution in [1.29, 1.82) is 10.8 Å². The normalized spacial score (nSPS) is 16.5. The number of hydrogen-bond donors (Lipinski definition) is 3. The lowest BCUT2D eigenvalue weighted by Gasteiger charge is -2.12. The lowest BCUT2D eigenvalue weighted by molar-refractivity contribution is 0.204. The Balaban J connectivity index is 0.000000461. The van der Waals surface area contributed by atoms with E-state index in [1.807, 2.05) is 0 Å². The second-order valence-electron chi connectivity index (χ2n) is 1.90. The van der Waals surface area contributed by atoms with Gasteiger partial charge in [0.05, 0.1) is 6.67 Å². The predicted octanol–water partition coefficient (Wildman–Crippen LogP) is -1.54. The summed E-state index contributed by atoms with van der Waals surface area (Å²) >= 11 is 0. The number of nitrogens with two attached hydrogens (primary N) is 1. The van der Waals surface area contributed by atoms with Crippen LogP contribution < -0.4 is 16.5 Å². The minimum Gasteiger partial charge on any atom is -0.351 e. The minimum atomic E-state index is -0.501. The van der Waals surface area contributed by atoms with Crippen LogP contribution in [0.3, 0.4) is 0 Å². The first-order valence-corrected chi connectivity index (χ1v) is 3.01. The third-order valence-electron chi connectivity index (χ3n) is 1.13. The average Bonchev–Trinajstić information content (AvgIpc) is 2.43. The van der Waals surface area contributed by atoms with E-state index in [9.17, 15) is 4.79 Å². The molecular weight excluding hydrogens is 148 g/mol. The van der Waals surface area contributed by atoms with Crippen LogP contribution in [-0.4, -0.2) is 30.8 Å². The molecular formula is C4H10N6O. The van der Waals surface area contributed by atoms with Gasteiger partial charge in [-0.2, -0.15) is 0 Å². The molecule has 0 saturated carbocycles. The van der Waals surface area contributed by atoms with E-state index in [1.165, 1.54) is 0 Å². The number of primary amides is 1. The summed E-state index contributed by atoms with van der Waals surface area (Å²) in [5.74, 6) is 0. The predicted molar refractivity (Wildman–Crippen MR) is 35.7 cm³/mol. The van der Waals surface area contributed by atoms with E-state index in [4.69, 9.17) is 16.5 Å². The van der Waals surface area contributed by atoms with Crippen LogP contribution in [0.1, 0.15) is 0 Å². The fourth-order valence-corrected chi connectivity index (χ4v) is 0.758. The molecule has 1 rings (SSSR count). The average molecular weight is 158 g/mol. The van der Waals surface area contributed by atoms with Gasteiger partial charge in [0.2, 0.25) is 0 Å². The van der Waals surface area contributed by atoms with Gasteiger partial charge in [0.25, 0.3) is 0 Å². The number of urea groups is 1. The highest BCUT2D eigenvalue weighted by Crippen LogP contribution is 1.84. The van der Waals surface area contributed by atoms with Gasteiger partial charge >= 0.3 is 6.03 Å². The molecule has 1 saturated heterocycles. The van der Waals surface area contributed by atoms with Gasteiger partial charge in [-0.1, -0.05) is 0 Å². The van der Waals surface area contributed by atoms with E-state index in [0.717, 1.165) is 13.1 Å². The van der Waals surface area contributed by atoms with Gasteiger partial charge in [-0.3, -0.25) is 5.43 Å². The van der Waals surface area contributed by atoms with Crippen molar-refractivity contribution in [3.05, 3.63) is 0 Å². The Bertz CT molecular complexity index is 139. The molecule has 0 radical (unpaired) electrons. The Kier molecular flexibility index (Phi) is 4.72. The molecule has 62 valence electrons. The van der Waals surface area contributed by atoms with Crippen molar-refractivity contribution in [2.24, 2.45) is 5.73 Å². The highest BCUT2D eigenvalue weighted by atomic mass is 16.2. The highest BCUT2D eigenvalue weighted by Gasteiger charge is 2.10. The summed E-state index contributed by atoms with van der Waals surface area (Å²) in [6, 6.07) is -0.501. The molecule has 0 spiro atoms. The van der Waals surface area contributed by atoms with Gasteiger partial charge < -0.3 is 11.1 Å². The van der Waals surface area contributed by atoms with E-state index in [-0.39, 0.29) is 0 Å². The van der Waals surface area contributed by atoms with Gasteiger partial charge in [0.15, 0.2) is 0 Å². The van der Waals surface area contributed by atoms with Crippen molar-refractivity contribution in [2.45, 2.75) is 0 Å². The number of nitrogens with one attached hydrogen (secondary N) is 2. The fraction of sp³-hybridized carbons (Fsp3) is 0.750. The van der Waals surface area contributed by atoms with Gasteiger partial charge in [-0.25, -0.2) is 9.80 Å². The minimum absolute atomic E-state index is 0.501. The Morgan fingerprint density at radius 1 is 1.64 bits per heavy atom. The third kappa shape index (κ3) is 4.07. The van der Waals surface area contributed by atoms with E-state index >= 15 is 0 Å². The van der Waals surface area contributed by atoms with Crippen LogP contribution in [0, 0.1) is 10.8 Å². The number of carbonyl (C=O) groups excluding carboxylic acids is 1. The number of rotatable bonds is 1. The quantitative estimate of drug-likeness (QED) is 0.400. The lowest BCUT2D eigenvalue weighted by Crippen LogP contribution is -2.44. The zero-order valence-electron chi connectivity index (χ0n) is 5.95. The number of nitrogens with zero attached hydrogens (tertiary/aromatic N) is 3. The fourth-order valence-electron chi connectivity index (χ4n) is 0.758. The summed E-state index contributed by atoms with van der Waals surface area (Å²) in [6.07, 6.45) is 0. The summed E-state index contributed by atoms with van der Waals surface area (Å²) in [4.78, 5) is 10.2. The molecule has 11 heavy (non-hydrogen) atoms. The van der Waals surface area contributed by atoms with Crippen molar-refractivity contribution in [3.63, 3.8) is 0 Å². The van der Waals surface area contributed by atoms with E-state index in [0.29, 0.717) is 6.67 Å². The number of carbonyl (C=O) groups is 1. The van der Waals surface area contributed by atoms with Gasteiger partial charge in [-0.15, -0.1) is 0 Å². The van der Waals surface area contributed by atoms with E-state index < -0.39 is 6.03 Å². The molecule has 0 aromatic heterocycles. The Morgan fingerprint density at radius 3 is 2.64 bits per heavy atom. The molecule has 0 aliphatic carbocycles. The first kappa shape index (κ1) is 9.61. The summed E-state index contributed by atoms with van der Waals surface area (Å²) in [5.41, 5.74) is 7.30. The number of hydrogen-bond acceptors (Lipinski definition) is 5. The van der Waals surface area contributed by atoms with Gasteiger partial charge in [-0.05, 0) is 0 Å². The van der Waals surface area contributed by atoms with Crippen LogP contribution in [0.15, 0.2) is 0 Å². The molecule has 1 fully saturated rings. The monoisotopic (exact) mass is 158 g/mol. The van der Waals surface area contributed by atoms with Crippen LogP contribution >= 0.6 is 0 Å². The van der Waals surface area contributed by atoms with Crippen molar-refractivity contribution in [1.82, 2.24) is 15.8 Å². The molecule has 4 N–H and O–H groups in total. The SMILES string of the molecule is N#N.NC(=O)NN1CCNC1.